The lowest BCUT2D eigenvalue weighted by Crippen LogP contribution is -2.49. The van der Waals surface area contributed by atoms with Crippen molar-refractivity contribution in [2.75, 3.05) is 19.7 Å². The van der Waals surface area contributed by atoms with E-state index in [4.69, 9.17) is 14.6 Å². The lowest BCUT2D eigenvalue weighted by molar-refractivity contribution is -0.154. The zero-order valence-corrected chi connectivity index (χ0v) is 19.5. The first-order valence-corrected chi connectivity index (χ1v) is 11.4. The van der Waals surface area contributed by atoms with Gasteiger partial charge in [-0.3, -0.25) is 9.48 Å². The molecule has 2 heterocycles. The topological polar surface area (TPSA) is 73.7 Å². The molecule has 0 aliphatic carbocycles. The van der Waals surface area contributed by atoms with Gasteiger partial charge in [-0.2, -0.15) is 5.10 Å². The van der Waals surface area contributed by atoms with Crippen LogP contribution in [0.25, 0.3) is 17.3 Å². The van der Waals surface area contributed by atoms with Gasteiger partial charge in [0.1, 0.15) is 0 Å². The van der Waals surface area contributed by atoms with Crippen molar-refractivity contribution in [3.63, 3.8) is 0 Å². The number of ether oxygens (including phenoxy) is 2. The Labute approximate surface area is 199 Å². The van der Waals surface area contributed by atoms with E-state index in [1.54, 1.807) is 11.0 Å². The highest BCUT2D eigenvalue weighted by Crippen LogP contribution is 2.23. The fraction of sp³-hybridized carbons (Fsp3) is 0.296. The van der Waals surface area contributed by atoms with E-state index in [1.165, 1.54) is 6.08 Å². The van der Waals surface area contributed by atoms with Gasteiger partial charge in [0.2, 0.25) is 0 Å². The van der Waals surface area contributed by atoms with Gasteiger partial charge in [0.05, 0.1) is 24.4 Å². The average Bonchev–Trinajstić information content (AvgIpc) is 3.24. The normalized spacial score (nSPS) is 18.2. The fourth-order valence-electron chi connectivity index (χ4n) is 4.04. The maximum absolute atomic E-state index is 12.4. The molecule has 1 aromatic heterocycles. The lowest BCUT2D eigenvalue weighted by atomic mass is 10.1. The SMILES string of the molecule is CC1CN(C(=O)COC(=O)/C=C/c2cn(Cc3ccccc3)nc2-c2ccccc2)CC(C)O1. The van der Waals surface area contributed by atoms with Crippen LogP contribution in [0.5, 0.6) is 0 Å². The number of esters is 1. The van der Waals surface area contributed by atoms with Crippen molar-refractivity contribution in [2.24, 2.45) is 0 Å². The van der Waals surface area contributed by atoms with Crippen LogP contribution in [0.4, 0.5) is 0 Å². The minimum Gasteiger partial charge on any atom is -0.452 e. The second-order valence-electron chi connectivity index (χ2n) is 8.48. The predicted molar refractivity (Wildman–Crippen MR) is 130 cm³/mol. The van der Waals surface area contributed by atoms with Gasteiger partial charge in [-0.1, -0.05) is 60.7 Å². The number of benzene rings is 2. The molecule has 176 valence electrons. The number of carbonyl (C=O) groups excluding carboxylic acids is 2. The molecule has 7 nitrogen and oxygen atoms in total. The third kappa shape index (κ3) is 6.20. The summed E-state index contributed by atoms with van der Waals surface area (Å²) in [4.78, 5) is 26.5. The summed E-state index contributed by atoms with van der Waals surface area (Å²) in [6.45, 7) is 5.17. The summed E-state index contributed by atoms with van der Waals surface area (Å²) >= 11 is 0. The third-order valence-corrected chi connectivity index (χ3v) is 5.53. The number of morpholine rings is 1. The van der Waals surface area contributed by atoms with E-state index in [1.807, 2.05) is 85.4 Å². The van der Waals surface area contributed by atoms with Crippen LogP contribution >= 0.6 is 0 Å². The molecule has 3 aromatic rings. The van der Waals surface area contributed by atoms with Crippen molar-refractivity contribution < 1.29 is 19.1 Å². The average molecular weight is 460 g/mol. The van der Waals surface area contributed by atoms with Crippen molar-refractivity contribution in [1.29, 1.82) is 0 Å². The molecule has 0 bridgehead atoms. The number of amides is 1. The van der Waals surface area contributed by atoms with Crippen molar-refractivity contribution >= 4 is 18.0 Å². The third-order valence-electron chi connectivity index (χ3n) is 5.53. The van der Waals surface area contributed by atoms with Gasteiger partial charge in [-0.05, 0) is 25.5 Å². The summed E-state index contributed by atoms with van der Waals surface area (Å²) < 4.78 is 12.7. The summed E-state index contributed by atoms with van der Waals surface area (Å²) in [6, 6.07) is 19.9. The highest BCUT2D eigenvalue weighted by atomic mass is 16.5. The Kier molecular flexibility index (Phi) is 7.54. The minimum atomic E-state index is -0.572. The van der Waals surface area contributed by atoms with Gasteiger partial charge in [-0.25, -0.2) is 4.79 Å². The van der Waals surface area contributed by atoms with Gasteiger partial charge in [0.15, 0.2) is 6.61 Å². The Morgan fingerprint density at radius 3 is 2.35 bits per heavy atom. The Hall–Kier alpha value is -3.71. The number of carbonyl (C=O) groups is 2. The highest BCUT2D eigenvalue weighted by Gasteiger charge is 2.26. The lowest BCUT2D eigenvalue weighted by Gasteiger charge is -2.35. The molecule has 2 atom stereocenters. The standard InChI is InChI=1S/C27H29N3O4/c1-20-15-29(16-21(2)34-20)25(31)19-33-26(32)14-13-24-18-30(17-22-9-5-3-6-10-22)28-27(24)23-11-7-4-8-12-23/h3-14,18,20-21H,15-17,19H2,1-2H3/b14-13+. The number of hydrogen-bond donors (Lipinski definition) is 0. The van der Waals surface area contributed by atoms with Gasteiger partial charge in [0, 0.05) is 36.5 Å². The smallest absolute Gasteiger partial charge is 0.331 e. The summed E-state index contributed by atoms with van der Waals surface area (Å²) in [5.74, 6) is -0.790. The summed E-state index contributed by atoms with van der Waals surface area (Å²) in [5, 5.41) is 4.74. The molecule has 2 unspecified atom stereocenters. The van der Waals surface area contributed by atoms with Crippen LogP contribution in [0, 0.1) is 0 Å². The quantitative estimate of drug-likeness (QED) is 0.397. The first-order valence-electron chi connectivity index (χ1n) is 11.4. The Morgan fingerprint density at radius 1 is 1.03 bits per heavy atom. The molecule has 1 amide bonds. The van der Waals surface area contributed by atoms with Crippen LogP contribution in [0.2, 0.25) is 0 Å². The molecule has 0 spiro atoms. The predicted octanol–water partition coefficient (Wildman–Crippen LogP) is 3.79. The molecular formula is C27H29N3O4. The van der Waals surface area contributed by atoms with E-state index in [9.17, 15) is 9.59 Å². The van der Waals surface area contributed by atoms with Crippen molar-refractivity contribution in [3.05, 3.63) is 84.1 Å². The van der Waals surface area contributed by atoms with Crippen molar-refractivity contribution in [3.8, 4) is 11.3 Å². The number of nitrogens with zero attached hydrogens (tertiary/aromatic N) is 3. The van der Waals surface area contributed by atoms with Crippen LogP contribution in [0.15, 0.2) is 72.9 Å². The van der Waals surface area contributed by atoms with Crippen molar-refractivity contribution in [1.82, 2.24) is 14.7 Å². The largest absolute Gasteiger partial charge is 0.452 e. The molecule has 1 saturated heterocycles. The molecule has 1 aliphatic heterocycles. The van der Waals surface area contributed by atoms with Gasteiger partial charge < -0.3 is 14.4 Å². The van der Waals surface area contributed by atoms with E-state index >= 15 is 0 Å². The van der Waals surface area contributed by atoms with Gasteiger partial charge >= 0.3 is 5.97 Å². The first-order chi connectivity index (χ1) is 16.5. The van der Waals surface area contributed by atoms with Crippen LogP contribution in [-0.4, -0.2) is 58.5 Å². The van der Waals surface area contributed by atoms with E-state index in [0.717, 1.165) is 22.4 Å². The number of aromatic nitrogens is 2. The highest BCUT2D eigenvalue weighted by molar-refractivity contribution is 5.90. The Bertz CT molecular complexity index is 1130. The molecular weight excluding hydrogens is 430 g/mol. The Balaban J connectivity index is 1.43. The van der Waals surface area contributed by atoms with Crippen LogP contribution in [0.1, 0.15) is 25.0 Å². The maximum Gasteiger partial charge on any atom is 0.331 e. The maximum atomic E-state index is 12.4. The zero-order chi connectivity index (χ0) is 23.9. The van der Waals surface area contributed by atoms with Crippen molar-refractivity contribution in [2.45, 2.75) is 32.6 Å². The van der Waals surface area contributed by atoms with Crippen LogP contribution < -0.4 is 0 Å². The Morgan fingerprint density at radius 2 is 1.68 bits per heavy atom. The second-order valence-corrected chi connectivity index (χ2v) is 8.48. The molecule has 0 N–H and O–H groups in total. The number of hydrogen-bond acceptors (Lipinski definition) is 5. The molecule has 0 saturated carbocycles. The molecule has 34 heavy (non-hydrogen) atoms. The van der Waals surface area contributed by atoms with Crippen LogP contribution in [0.3, 0.4) is 0 Å². The van der Waals surface area contributed by atoms with E-state index in [-0.39, 0.29) is 24.7 Å². The molecule has 0 radical (unpaired) electrons. The number of rotatable bonds is 7. The molecule has 2 aromatic carbocycles. The molecule has 4 rings (SSSR count). The van der Waals surface area contributed by atoms with E-state index in [2.05, 4.69) is 0 Å². The summed E-state index contributed by atoms with van der Waals surface area (Å²) in [6.07, 6.45) is 4.86. The first kappa shape index (κ1) is 23.4. The molecule has 7 heteroatoms. The fourth-order valence-corrected chi connectivity index (χ4v) is 4.04. The van der Waals surface area contributed by atoms with E-state index < -0.39 is 5.97 Å². The molecule has 1 fully saturated rings. The second kappa shape index (κ2) is 10.9. The summed E-state index contributed by atoms with van der Waals surface area (Å²) in [5.41, 5.74) is 3.65. The van der Waals surface area contributed by atoms with Gasteiger partial charge in [0.25, 0.3) is 5.91 Å². The van der Waals surface area contributed by atoms with Crippen LogP contribution in [-0.2, 0) is 25.6 Å². The van der Waals surface area contributed by atoms with E-state index in [0.29, 0.717) is 19.6 Å². The summed E-state index contributed by atoms with van der Waals surface area (Å²) in [7, 11) is 0. The van der Waals surface area contributed by atoms with Gasteiger partial charge in [-0.15, -0.1) is 0 Å². The molecule has 1 aliphatic rings. The zero-order valence-electron chi connectivity index (χ0n) is 19.5. The monoisotopic (exact) mass is 459 g/mol. The minimum absolute atomic E-state index is 0.0351.